The topological polar surface area (TPSA) is 69.6 Å². The number of aryl methyl sites for hydroxylation is 1. The van der Waals surface area contributed by atoms with Crippen molar-refractivity contribution >= 4 is 46.4 Å². The van der Waals surface area contributed by atoms with Crippen molar-refractivity contribution in [3.8, 4) is 5.75 Å². The van der Waals surface area contributed by atoms with Crippen LogP contribution in [0.1, 0.15) is 5.56 Å². The van der Waals surface area contributed by atoms with E-state index in [1.54, 1.807) is 43.3 Å². The van der Waals surface area contributed by atoms with Crippen LogP contribution in [-0.2, 0) is 9.59 Å². The number of hydrogen-bond donors (Lipinski definition) is 2. The number of para-hydroxylation sites is 2. The summed E-state index contributed by atoms with van der Waals surface area (Å²) >= 11 is 12.0. The second-order valence-corrected chi connectivity index (χ2v) is 6.02. The van der Waals surface area contributed by atoms with Crippen LogP contribution >= 0.6 is 23.2 Å². The highest BCUT2D eigenvalue weighted by Gasteiger charge is 2.39. The highest BCUT2D eigenvalue weighted by molar-refractivity contribution is 6.53. The molecule has 24 heavy (non-hydrogen) atoms. The Morgan fingerprint density at radius 2 is 1.75 bits per heavy atom. The molecule has 0 spiro atoms. The molecule has 2 amide bonds. The highest BCUT2D eigenvalue weighted by Crippen LogP contribution is 2.34. The average molecular weight is 363 g/mol. The maximum atomic E-state index is 12.7. The first-order valence-corrected chi connectivity index (χ1v) is 7.75. The van der Waals surface area contributed by atoms with Crippen LogP contribution in [-0.4, -0.2) is 16.9 Å². The molecule has 0 saturated carbocycles. The third-order valence-corrected chi connectivity index (χ3v) is 4.18. The molecule has 2 aromatic carbocycles. The molecule has 5 nitrogen and oxygen atoms in total. The monoisotopic (exact) mass is 362 g/mol. The van der Waals surface area contributed by atoms with Crippen LogP contribution in [0.25, 0.3) is 0 Å². The first kappa shape index (κ1) is 16.4. The summed E-state index contributed by atoms with van der Waals surface area (Å²) in [5.41, 5.74) is 1.26. The minimum absolute atomic E-state index is 0.0594. The number of hydrogen-bond acceptors (Lipinski definition) is 4. The quantitative estimate of drug-likeness (QED) is 0.643. The molecule has 2 N–H and O–H groups in total. The normalized spacial score (nSPS) is 14.5. The molecule has 0 atom stereocenters. The summed E-state index contributed by atoms with van der Waals surface area (Å²) in [5, 5.41) is 12.8. The number of anilines is 2. The van der Waals surface area contributed by atoms with Gasteiger partial charge >= 0.3 is 0 Å². The summed E-state index contributed by atoms with van der Waals surface area (Å²) in [6, 6.07) is 11.2. The van der Waals surface area contributed by atoms with E-state index in [0.29, 0.717) is 16.3 Å². The molecule has 1 aliphatic heterocycles. The Kier molecular flexibility index (Phi) is 4.22. The van der Waals surface area contributed by atoms with Crippen molar-refractivity contribution in [2.24, 2.45) is 0 Å². The van der Waals surface area contributed by atoms with Crippen molar-refractivity contribution in [2.75, 3.05) is 10.2 Å². The van der Waals surface area contributed by atoms with Gasteiger partial charge in [0.1, 0.15) is 16.5 Å². The molecule has 0 aromatic heterocycles. The van der Waals surface area contributed by atoms with Crippen molar-refractivity contribution < 1.29 is 14.7 Å². The summed E-state index contributed by atoms with van der Waals surface area (Å²) < 4.78 is 0. The standard InChI is InChI=1S/C17H12Cl2N2O3/c1-9-8-10(18)6-7-12(9)21-16(23)14(19)15(17(21)24)20-11-4-2-3-5-13(11)22/h2-8,20,22H,1H3. The third kappa shape index (κ3) is 2.72. The van der Waals surface area contributed by atoms with Crippen LogP contribution in [0.15, 0.2) is 53.2 Å². The molecule has 1 heterocycles. The summed E-state index contributed by atoms with van der Waals surface area (Å²) in [6.07, 6.45) is 0. The van der Waals surface area contributed by atoms with E-state index >= 15 is 0 Å². The van der Waals surface area contributed by atoms with E-state index in [1.165, 1.54) is 6.07 Å². The van der Waals surface area contributed by atoms with Crippen LogP contribution in [0.3, 0.4) is 0 Å². The Morgan fingerprint density at radius 1 is 1.04 bits per heavy atom. The fourth-order valence-electron chi connectivity index (χ4n) is 2.41. The predicted octanol–water partition coefficient (Wildman–Crippen LogP) is 3.79. The van der Waals surface area contributed by atoms with Crippen molar-refractivity contribution in [1.29, 1.82) is 0 Å². The van der Waals surface area contributed by atoms with Gasteiger partial charge in [-0.05, 0) is 42.8 Å². The zero-order chi connectivity index (χ0) is 17.4. The Labute approximate surface area is 148 Å². The van der Waals surface area contributed by atoms with Crippen LogP contribution in [0.5, 0.6) is 5.75 Å². The second kappa shape index (κ2) is 6.19. The zero-order valence-corrected chi connectivity index (χ0v) is 14.0. The van der Waals surface area contributed by atoms with Gasteiger partial charge in [0.25, 0.3) is 11.8 Å². The average Bonchev–Trinajstić information content (AvgIpc) is 2.74. The third-order valence-electron chi connectivity index (χ3n) is 3.59. The molecule has 0 unspecified atom stereocenters. The molecule has 122 valence electrons. The van der Waals surface area contributed by atoms with E-state index in [-0.39, 0.29) is 22.2 Å². The van der Waals surface area contributed by atoms with Gasteiger partial charge < -0.3 is 10.4 Å². The SMILES string of the molecule is Cc1cc(Cl)ccc1N1C(=O)C(Cl)=C(Nc2ccccc2O)C1=O. The lowest BCUT2D eigenvalue weighted by molar-refractivity contribution is -0.120. The van der Waals surface area contributed by atoms with Crippen LogP contribution < -0.4 is 10.2 Å². The number of nitrogens with one attached hydrogen (secondary N) is 1. The van der Waals surface area contributed by atoms with E-state index in [9.17, 15) is 14.7 Å². The number of rotatable bonds is 3. The first-order valence-electron chi connectivity index (χ1n) is 7.00. The van der Waals surface area contributed by atoms with Gasteiger partial charge in [-0.25, -0.2) is 4.90 Å². The maximum Gasteiger partial charge on any atom is 0.283 e. The molecular weight excluding hydrogens is 351 g/mol. The number of nitrogens with zero attached hydrogens (tertiary/aromatic N) is 1. The smallest absolute Gasteiger partial charge is 0.283 e. The summed E-state index contributed by atoms with van der Waals surface area (Å²) in [6.45, 7) is 1.74. The Bertz CT molecular complexity index is 893. The van der Waals surface area contributed by atoms with Crippen LogP contribution in [0, 0.1) is 6.92 Å². The van der Waals surface area contributed by atoms with Crippen molar-refractivity contribution in [2.45, 2.75) is 6.92 Å². The van der Waals surface area contributed by atoms with Gasteiger partial charge in [-0.15, -0.1) is 0 Å². The van der Waals surface area contributed by atoms with Gasteiger partial charge in [0, 0.05) is 5.02 Å². The number of aromatic hydroxyl groups is 1. The summed E-state index contributed by atoms with van der Waals surface area (Å²) in [5.74, 6) is -1.29. The fraction of sp³-hybridized carbons (Fsp3) is 0.0588. The molecule has 0 bridgehead atoms. The Morgan fingerprint density at radius 3 is 2.42 bits per heavy atom. The van der Waals surface area contributed by atoms with E-state index in [4.69, 9.17) is 23.2 Å². The summed E-state index contributed by atoms with van der Waals surface area (Å²) in [7, 11) is 0. The maximum absolute atomic E-state index is 12.7. The number of halogens is 2. The van der Waals surface area contributed by atoms with Gasteiger partial charge in [0.05, 0.1) is 11.4 Å². The second-order valence-electron chi connectivity index (χ2n) is 5.21. The molecule has 0 fully saturated rings. The van der Waals surface area contributed by atoms with Gasteiger partial charge in [-0.3, -0.25) is 9.59 Å². The number of benzene rings is 2. The van der Waals surface area contributed by atoms with Crippen molar-refractivity contribution in [3.05, 3.63) is 63.8 Å². The first-order chi connectivity index (χ1) is 11.4. The van der Waals surface area contributed by atoms with Crippen LogP contribution in [0.2, 0.25) is 5.02 Å². The van der Waals surface area contributed by atoms with E-state index in [1.807, 2.05) is 0 Å². The number of phenolic OH excluding ortho intramolecular Hbond substituents is 1. The molecule has 0 saturated heterocycles. The number of imide groups is 1. The van der Waals surface area contributed by atoms with E-state index in [0.717, 1.165) is 4.90 Å². The Hall–Kier alpha value is -2.50. The molecule has 1 aliphatic rings. The number of amides is 2. The Balaban J connectivity index is 1.97. The molecule has 2 aromatic rings. The highest BCUT2D eigenvalue weighted by atomic mass is 35.5. The summed E-state index contributed by atoms with van der Waals surface area (Å²) in [4.78, 5) is 26.1. The lowest BCUT2D eigenvalue weighted by Crippen LogP contribution is -2.32. The molecule has 0 radical (unpaired) electrons. The predicted molar refractivity (Wildman–Crippen MR) is 93.3 cm³/mol. The number of phenols is 1. The molecule has 7 heteroatoms. The fourth-order valence-corrected chi connectivity index (χ4v) is 2.85. The van der Waals surface area contributed by atoms with Gasteiger partial charge in [-0.2, -0.15) is 0 Å². The largest absolute Gasteiger partial charge is 0.506 e. The molecular formula is C17H12Cl2N2O3. The molecule has 3 rings (SSSR count). The number of carbonyl (C=O) groups is 2. The van der Waals surface area contributed by atoms with Crippen molar-refractivity contribution in [1.82, 2.24) is 0 Å². The van der Waals surface area contributed by atoms with Gasteiger partial charge in [0.2, 0.25) is 0 Å². The van der Waals surface area contributed by atoms with Crippen molar-refractivity contribution in [3.63, 3.8) is 0 Å². The van der Waals surface area contributed by atoms with Crippen LogP contribution in [0.4, 0.5) is 11.4 Å². The lowest BCUT2D eigenvalue weighted by atomic mass is 10.2. The number of carbonyl (C=O) groups excluding carboxylic acids is 2. The molecule has 0 aliphatic carbocycles. The zero-order valence-electron chi connectivity index (χ0n) is 12.5. The minimum Gasteiger partial charge on any atom is -0.506 e. The van der Waals surface area contributed by atoms with Gasteiger partial charge in [-0.1, -0.05) is 35.3 Å². The lowest BCUT2D eigenvalue weighted by Gasteiger charge is -2.17. The minimum atomic E-state index is -0.634. The van der Waals surface area contributed by atoms with Gasteiger partial charge in [0.15, 0.2) is 0 Å². The van der Waals surface area contributed by atoms with E-state index < -0.39 is 11.8 Å². The van der Waals surface area contributed by atoms with E-state index in [2.05, 4.69) is 5.32 Å².